The van der Waals surface area contributed by atoms with Crippen molar-refractivity contribution in [1.29, 1.82) is 0 Å². The first-order valence-electron chi connectivity index (χ1n) is 9.58. The zero-order valence-electron chi connectivity index (χ0n) is 16.6. The van der Waals surface area contributed by atoms with Crippen molar-refractivity contribution in [2.75, 3.05) is 40.8 Å². The Balaban J connectivity index is 0.00000261. The lowest BCUT2D eigenvalue weighted by molar-refractivity contribution is -0.138. The molecule has 2 N–H and O–H groups in total. The zero-order valence-corrected chi connectivity index (χ0v) is 18.9. The maximum Gasteiger partial charge on any atom is 0.230 e. The number of hydrogen-bond donors (Lipinski definition) is 2. The van der Waals surface area contributed by atoms with Crippen molar-refractivity contribution in [2.45, 2.75) is 44.4 Å². The Kier molecular flexibility index (Phi) is 7.87. The van der Waals surface area contributed by atoms with Gasteiger partial charge in [-0.05, 0) is 25.7 Å². The molecule has 1 aromatic rings. The molecule has 0 radical (unpaired) electrons. The van der Waals surface area contributed by atoms with Crippen molar-refractivity contribution in [3.8, 4) is 0 Å². The van der Waals surface area contributed by atoms with Gasteiger partial charge < -0.3 is 15.1 Å². The second-order valence-electron chi connectivity index (χ2n) is 7.72. The van der Waals surface area contributed by atoms with Crippen LogP contribution < -0.4 is 5.32 Å². The van der Waals surface area contributed by atoms with E-state index >= 15 is 0 Å². The summed E-state index contributed by atoms with van der Waals surface area (Å²) in [5, 5.41) is 10.4. The number of likely N-dealkylation sites (tertiary alicyclic amines) is 1. The van der Waals surface area contributed by atoms with E-state index in [1.807, 2.05) is 21.1 Å². The van der Waals surface area contributed by atoms with Gasteiger partial charge >= 0.3 is 0 Å². The van der Waals surface area contributed by atoms with Gasteiger partial charge in [0, 0.05) is 46.7 Å². The third-order valence-corrected chi connectivity index (χ3v) is 5.83. The number of nitrogens with zero attached hydrogens (tertiary/aromatic N) is 5. The number of piperidine rings is 1. The van der Waals surface area contributed by atoms with Gasteiger partial charge in [-0.3, -0.25) is 14.9 Å². The van der Waals surface area contributed by atoms with E-state index in [1.54, 1.807) is 11.2 Å². The van der Waals surface area contributed by atoms with Crippen molar-refractivity contribution in [1.82, 2.24) is 30.3 Å². The predicted molar refractivity (Wildman–Crippen MR) is 116 cm³/mol. The first-order valence-corrected chi connectivity index (χ1v) is 9.58. The highest BCUT2D eigenvalue weighted by molar-refractivity contribution is 14.0. The predicted octanol–water partition coefficient (Wildman–Crippen LogP) is 1.83. The molecule has 2 fully saturated rings. The molecular weight excluding hydrogens is 457 g/mol. The summed E-state index contributed by atoms with van der Waals surface area (Å²) in [6.45, 7) is 2.53. The Morgan fingerprint density at radius 2 is 2.04 bits per heavy atom. The monoisotopic (exact) mass is 489 g/mol. The summed E-state index contributed by atoms with van der Waals surface area (Å²) in [4.78, 5) is 25.5. The van der Waals surface area contributed by atoms with Crippen LogP contribution in [-0.2, 0) is 4.79 Å². The summed E-state index contributed by atoms with van der Waals surface area (Å²) < 4.78 is 0. The molecule has 0 aromatic carbocycles. The van der Waals surface area contributed by atoms with Gasteiger partial charge in [0.05, 0.1) is 5.41 Å². The van der Waals surface area contributed by atoms with Crippen molar-refractivity contribution < 1.29 is 4.79 Å². The number of carbonyl (C=O) groups excluding carboxylic acids is 1. The molecule has 1 saturated heterocycles. The molecule has 1 aromatic heterocycles. The average Bonchev–Trinajstić information content (AvgIpc) is 3.35. The summed E-state index contributed by atoms with van der Waals surface area (Å²) in [6, 6.07) is 0. The second-order valence-corrected chi connectivity index (χ2v) is 7.72. The van der Waals surface area contributed by atoms with E-state index in [2.05, 4.69) is 30.4 Å². The summed E-state index contributed by atoms with van der Waals surface area (Å²) in [5.74, 6) is 2.55. The van der Waals surface area contributed by atoms with Gasteiger partial charge in [-0.1, -0.05) is 12.8 Å². The lowest BCUT2D eigenvalue weighted by atomic mass is 9.84. The molecule has 1 saturated carbocycles. The number of guanidine groups is 1. The Bertz CT molecular complexity index is 618. The van der Waals surface area contributed by atoms with E-state index in [-0.39, 0.29) is 35.3 Å². The Labute approximate surface area is 178 Å². The molecule has 3 rings (SSSR count). The zero-order chi connectivity index (χ0) is 18.6. The van der Waals surface area contributed by atoms with E-state index in [4.69, 9.17) is 0 Å². The topological polar surface area (TPSA) is 89.5 Å². The lowest BCUT2D eigenvalue weighted by Crippen LogP contribution is -2.51. The Morgan fingerprint density at radius 1 is 1.37 bits per heavy atom. The van der Waals surface area contributed by atoms with Gasteiger partial charge in [0.15, 0.2) is 5.96 Å². The molecular formula is C18H32IN7O. The van der Waals surface area contributed by atoms with Gasteiger partial charge in [-0.25, -0.2) is 4.98 Å². The number of aromatic nitrogens is 3. The number of carbonyl (C=O) groups is 1. The number of rotatable bonds is 4. The summed E-state index contributed by atoms with van der Waals surface area (Å²) in [7, 11) is 5.52. The minimum absolute atomic E-state index is 0. The second kappa shape index (κ2) is 9.70. The SMILES string of the molecule is CN=C(NCC1(C(=O)N(C)C)CCCC1)N1CCC(c2ncn[nH]2)CC1.I. The summed E-state index contributed by atoms with van der Waals surface area (Å²) >= 11 is 0. The highest BCUT2D eigenvalue weighted by atomic mass is 127. The smallest absolute Gasteiger partial charge is 0.230 e. The molecule has 0 atom stereocenters. The van der Waals surface area contributed by atoms with Crippen molar-refractivity contribution in [3.05, 3.63) is 12.2 Å². The molecule has 27 heavy (non-hydrogen) atoms. The molecule has 0 unspecified atom stereocenters. The summed E-state index contributed by atoms with van der Waals surface area (Å²) in [6.07, 6.45) is 7.80. The van der Waals surface area contributed by atoms with Crippen LogP contribution >= 0.6 is 24.0 Å². The van der Waals surface area contributed by atoms with Gasteiger partial charge in [0.25, 0.3) is 0 Å². The number of aliphatic imine (C=N–C) groups is 1. The van der Waals surface area contributed by atoms with Crippen LogP contribution in [0.25, 0.3) is 0 Å². The molecule has 2 aliphatic rings. The van der Waals surface area contributed by atoms with Crippen molar-refractivity contribution in [3.63, 3.8) is 0 Å². The molecule has 152 valence electrons. The highest BCUT2D eigenvalue weighted by Crippen LogP contribution is 2.39. The largest absolute Gasteiger partial charge is 0.355 e. The van der Waals surface area contributed by atoms with E-state index in [9.17, 15) is 4.79 Å². The summed E-state index contributed by atoms with van der Waals surface area (Å²) in [5.41, 5.74) is -0.280. The first kappa shape index (κ1) is 21.9. The highest BCUT2D eigenvalue weighted by Gasteiger charge is 2.42. The third kappa shape index (κ3) is 4.91. The van der Waals surface area contributed by atoms with Crippen LogP contribution in [0.5, 0.6) is 0 Å². The van der Waals surface area contributed by atoms with Crippen LogP contribution in [-0.4, -0.2) is 77.6 Å². The molecule has 0 bridgehead atoms. The average molecular weight is 489 g/mol. The number of nitrogens with one attached hydrogen (secondary N) is 2. The van der Waals surface area contributed by atoms with Crippen LogP contribution in [0.2, 0.25) is 0 Å². The normalized spacial score (nSPS) is 20.3. The van der Waals surface area contributed by atoms with E-state index in [0.717, 1.165) is 63.4 Å². The number of amides is 1. The van der Waals surface area contributed by atoms with Crippen LogP contribution in [0.1, 0.15) is 50.3 Å². The van der Waals surface area contributed by atoms with Gasteiger partial charge in [0.1, 0.15) is 12.2 Å². The van der Waals surface area contributed by atoms with Crippen LogP contribution in [0.4, 0.5) is 0 Å². The Morgan fingerprint density at radius 3 is 2.56 bits per heavy atom. The lowest BCUT2D eigenvalue weighted by Gasteiger charge is -2.36. The molecule has 1 amide bonds. The van der Waals surface area contributed by atoms with E-state index < -0.39 is 0 Å². The quantitative estimate of drug-likeness (QED) is 0.383. The Hall–Kier alpha value is -1.39. The van der Waals surface area contributed by atoms with Gasteiger partial charge in [0.2, 0.25) is 5.91 Å². The van der Waals surface area contributed by atoms with Crippen molar-refractivity contribution >= 4 is 35.8 Å². The minimum atomic E-state index is -0.280. The van der Waals surface area contributed by atoms with Crippen molar-refractivity contribution in [2.24, 2.45) is 10.4 Å². The first-order chi connectivity index (χ1) is 12.6. The number of halogens is 1. The van der Waals surface area contributed by atoms with E-state index in [1.165, 1.54) is 0 Å². The molecule has 1 aliphatic carbocycles. The molecule has 2 heterocycles. The number of hydrogen-bond acceptors (Lipinski definition) is 4. The minimum Gasteiger partial charge on any atom is -0.355 e. The third-order valence-electron chi connectivity index (χ3n) is 5.83. The van der Waals surface area contributed by atoms with Gasteiger partial charge in [-0.15, -0.1) is 24.0 Å². The molecule has 0 spiro atoms. The van der Waals surface area contributed by atoms with Crippen LogP contribution in [0, 0.1) is 5.41 Å². The van der Waals surface area contributed by atoms with E-state index in [0.29, 0.717) is 12.5 Å². The molecule has 1 aliphatic heterocycles. The fraction of sp³-hybridized carbons (Fsp3) is 0.778. The van der Waals surface area contributed by atoms with Crippen LogP contribution in [0.3, 0.4) is 0 Å². The maximum absolute atomic E-state index is 12.7. The number of aromatic amines is 1. The molecule has 9 heteroatoms. The maximum atomic E-state index is 12.7. The number of H-pyrrole nitrogens is 1. The van der Waals surface area contributed by atoms with Crippen LogP contribution in [0.15, 0.2) is 11.3 Å². The fourth-order valence-corrected chi connectivity index (χ4v) is 4.35. The standard InChI is InChI=1S/C18H31N7O.HI/c1-19-17(20-12-18(8-4-5-9-18)16(26)24(2)3)25-10-6-14(7-11-25)15-21-13-22-23-15;/h13-14H,4-12H2,1-3H3,(H,19,20)(H,21,22,23);1H. The molecule has 8 nitrogen and oxygen atoms in total. The fourth-order valence-electron chi connectivity index (χ4n) is 4.35. The van der Waals surface area contributed by atoms with Gasteiger partial charge in [-0.2, -0.15) is 5.10 Å².